The Morgan fingerprint density at radius 3 is 2.33 bits per heavy atom. The van der Waals surface area contributed by atoms with Gasteiger partial charge in [0.2, 0.25) is 17.7 Å². The highest BCUT2D eigenvalue weighted by molar-refractivity contribution is 8.00. The van der Waals surface area contributed by atoms with Crippen LogP contribution in [-0.2, 0) is 25.7 Å². The molecule has 3 aromatic rings. The number of nitrogens with zero attached hydrogens (tertiary/aromatic N) is 4. The quantitative estimate of drug-likeness (QED) is 0.428. The molecule has 3 aliphatic rings. The molecule has 3 amide bonds. The van der Waals surface area contributed by atoms with E-state index in [1.54, 1.807) is 4.90 Å². The maximum absolute atomic E-state index is 13.9. The number of ether oxygens (including phenoxy) is 1. The first-order valence-electron chi connectivity index (χ1n) is 12.9. The number of carbonyl (C=O) groups excluding carboxylic acids is 3. The van der Waals surface area contributed by atoms with Gasteiger partial charge in [-0.2, -0.15) is 0 Å². The number of thioether (sulfide) groups is 1. The molecule has 2 saturated heterocycles. The number of thiazole rings is 1. The highest BCUT2D eigenvalue weighted by Gasteiger charge is 2.56. The van der Waals surface area contributed by atoms with E-state index in [0.717, 1.165) is 27.5 Å². The molecule has 6 rings (SSSR count). The summed E-state index contributed by atoms with van der Waals surface area (Å²) in [5, 5.41) is -0.260. The van der Waals surface area contributed by atoms with Crippen molar-refractivity contribution < 1.29 is 23.5 Å². The van der Waals surface area contributed by atoms with E-state index in [-0.39, 0.29) is 17.3 Å². The molecular weight excluding hydrogens is 555 g/mol. The lowest BCUT2D eigenvalue weighted by Gasteiger charge is -2.31. The average molecular weight is 583 g/mol. The molecule has 0 bridgehead atoms. The van der Waals surface area contributed by atoms with Gasteiger partial charge in [0.25, 0.3) is 0 Å². The molecule has 40 heavy (non-hydrogen) atoms. The zero-order chi connectivity index (χ0) is 28.1. The summed E-state index contributed by atoms with van der Waals surface area (Å²) >= 11 is 2.19. The molecule has 0 radical (unpaired) electrons. The van der Waals surface area contributed by atoms with Crippen LogP contribution in [0.4, 0.5) is 15.8 Å². The fraction of sp³-hybridized carbons (Fsp3) is 0.357. The van der Waals surface area contributed by atoms with E-state index in [4.69, 9.17) is 4.74 Å². The normalized spacial score (nSPS) is 22.3. The minimum absolute atomic E-state index is 0.148. The van der Waals surface area contributed by atoms with Crippen molar-refractivity contribution in [3.8, 4) is 0 Å². The summed E-state index contributed by atoms with van der Waals surface area (Å²) in [5.41, 5.74) is 2.07. The fourth-order valence-corrected chi connectivity index (χ4v) is 8.26. The molecule has 208 valence electrons. The van der Waals surface area contributed by atoms with E-state index in [1.165, 1.54) is 40.6 Å². The predicted molar refractivity (Wildman–Crippen MR) is 151 cm³/mol. The average Bonchev–Trinajstić information content (AvgIpc) is 3.40. The van der Waals surface area contributed by atoms with E-state index < -0.39 is 34.7 Å². The second-order valence-electron chi connectivity index (χ2n) is 10.1. The van der Waals surface area contributed by atoms with Crippen molar-refractivity contribution in [2.45, 2.75) is 22.7 Å². The highest BCUT2D eigenvalue weighted by Crippen LogP contribution is 2.54. The summed E-state index contributed by atoms with van der Waals surface area (Å²) in [7, 11) is 3.86. The molecule has 2 aromatic carbocycles. The van der Waals surface area contributed by atoms with Crippen LogP contribution in [0, 0.1) is 11.7 Å². The van der Waals surface area contributed by atoms with Crippen LogP contribution in [0.1, 0.15) is 16.4 Å². The van der Waals surface area contributed by atoms with Crippen molar-refractivity contribution in [3.63, 3.8) is 0 Å². The number of imide groups is 1. The third kappa shape index (κ3) is 4.53. The molecule has 4 heterocycles. The van der Waals surface area contributed by atoms with Crippen LogP contribution in [0.2, 0.25) is 0 Å². The largest absolute Gasteiger partial charge is 0.378 e. The number of morpholine rings is 1. The lowest BCUT2D eigenvalue weighted by molar-refractivity contribution is -0.136. The molecule has 0 aliphatic carbocycles. The Kier molecular flexibility index (Phi) is 7.01. The third-order valence-corrected chi connectivity index (χ3v) is 10.2. The van der Waals surface area contributed by atoms with Gasteiger partial charge in [0, 0.05) is 43.7 Å². The Hall–Kier alpha value is -3.48. The summed E-state index contributed by atoms with van der Waals surface area (Å²) in [4.78, 5) is 59.2. The Labute approximate surface area is 238 Å². The van der Waals surface area contributed by atoms with Crippen molar-refractivity contribution in [2.24, 2.45) is 5.92 Å². The number of hydrogen-bond acceptors (Lipinski definition) is 8. The van der Waals surface area contributed by atoms with Gasteiger partial charge in [-0.1, -0.05) is 35.2 Å². The van der Waals surface area contributed by atoms with Gasteiger partial charge in [0.1, 0.15) is 17.6 Å². The maximum atomic E-state index is 13.9. The molecule has 0 N–H and O–H groups in total. The van der Waals surface area contributed by atoms with Crippen molar-refractivity contribution in [3.05, 3.63) is 74.5 Å². The smallest absolute Gasteiger partial charge is 0.308 e. The maximum Gasteiger partial charge on any atom is 0.308 e. The monoisotopic (exact) mass is 582 g/mol. The van der Waals surface area contributed by atoms with Gasteiger partial charge < -0.3 is 14.5 Å². The van der Waals surface area contributed by atoms with Crippen molar-refractivity contribution in [1.29, 1.82) is 0 Å². The molecule has 3 aliphatic heterocycles. The van der Waals surface area contributed by atoms with Crippen molar-refractivity contribution in [2.75, 3.05) is 50.2 Å². The van der Waals surface area contributed by atoms with Gasteiger partial charge >= 0.3 is 4.87 Å². The second kappa shape index (κ2) is 10.5. The van der Waals surface area contributed by atoms with Gasteiger partial charge in [-0.15, -0.1) is 0 Å². The minimum atomic E-state index is -0.803. The number of aromatic nitrogens is 1. The van der Waals surface area contributed by atoms with Crippen LogP contribution in [0.5, 0.6) is 0 Å². The zero-order valence-corrected chi connectivity index (χ0v) is 23.5. The molecule has 12 heteroatoms. The minimum Gasteiger partial charge on any atom is -0.378 e. The summed E-state index contributed by atoms with van der Waals surface area (Å²) in [5.74, 6) is -2.79. The molecule has 0 spiro atoms. The van der Waals surface area contributed by atoms with Crippen LogP contribution in [-0.4, -0.2) is 72.8 Å². The van der Waals surface area contributed by atoms with Crippen LogP contribution < -0.4 is 14.7 Å². The van der Waals surface area contributed by atoms with Gasteiger partial charge in [0.05, 0.1) is 29.8 Å². The Bertz CT molecular complexity index is 1530. The number of fused-ring (bicyclic) bond motifs is 2. The Morgan fingerprint density at radius 1 is 1.00 bits per heavy atom. The number of rotatable bonds is 5. The molecule has 2 unspecified atom stereocenters. The summed E-state index contributed by atoms with van der Waals surface area (Å²) in [6, 6.07) is 13.0. The number of halogens is 1. The van der Waals surface area contributed by atoms with E-state index in [9.17, 15) is 23.6 Å². The predicted octanol–water partition coefficient (Wildman–Crippen LogP) is 2.77. The summed E-state index contributed by atoms with van der Waals surface area (Å²) in [6.07, 6.45) is 0. The number of benzene rings is 2. The van der Waals surface area contributed by atoms with E-state index in [0.29, 0.717) is 41.9 Å². The Balaban J connectivity index is 1.43. The van der Waals surface area contributed by atoms with Gasteiger partial charge in [-0.25, -0.2) is 9.29 Å². The van der Waals surface area contributed by atoms with Gasteiger partial charge in [-0.05, 0) is 42.0 Å². The van der Waals surface area contributed by atoms with Gasteiger partial charge in [0.15, 0.2) is 0 Å². The first kappa shape index (κ1) is 26.7. The van der Waals surface area contributed by atoms with Gasteiger partial charge in [-0.3, -0.25) is 23.7 Å². The summed E-state index contributed by atoms with van der Waals surface area (Å²) < 4.78 is 20.4. The number of carbonyl (C=O) groups is 3. The van der Waals surface area contributed by atoms with E-state index in [1.807, 2.05) is 43.3 Å². The topological polar surface area (TPSA) is 92.2 Å². The second-order valence-corrected chi connectivity index (χ2v) is 12.3. The molecule has 2 fully saturated rings. The molecule has 0 saturated carbocycles. The lowest BCUT2D eigenvalue weighted by atomic mass is 9.83. The molecule has 1 aromatic heterocycles. The summed E-state index contributed by atoms with van der Waals surface area (Å²) in [6.45, 7) is 1.66. The van der Waals surface area contributed by atoms with Crippen LogP contribution in [0.15, 0.2) is 58.4 Å². The lowest BCUT2D eigenvalue weighted by Crippen LogP contribution is -2.43. The van der Waals surface area contributed by atoms with Crippen LogP contribution >= 0.6 is 23.1 Å². The zero-order valence-electron chi connectivity index (χ0n) is 21.9. The van der Waals surface area contributed by atoms with E-state index >= 15 is 0 Å². The first-order chi connectivity index (χ1) is 19.2. The SMILES string of the molecule is CN(C)c1ccc([C@H]2c3sc(=O)n(CC(=O)N4CCOCC4)c3SC3C(=O)N(c4ccc(F)cc4)C(=O)C32)cc1. The molecule has 3 atom stereocenters. The molecular formula is C28H27FN4O5S2. The van der Waals surface area contributed by atoms with Crippen molar-refractivity contribution in [1.82, 2.24) is 9.47 Å². The first-order valence-corrected chi connectivity index (χ1v) is 14.6. The van der Waals surface area contributed by atoms with Crippen LogP contribution in [0.25, 0.3) is 0 Å². The van der Waals surface area contributed by atoms with Crippen LogP contribution in [0.3, 0.4) is 0 Å². The van der Waals surface area contributed by atoms with E-state index in [2.05, 4.69) is 0 Å². The number of hydrogen-bond donors (Lipinski definition) is 0. The third-order valence-electron chi connectivity index (χ3n) is 7.56. The Morgan fingerprint density at radius 2 is 1.68 bits per heavy atom. The number of anilines is 2. The number of amides is 3. The fourth-order valence-electron chi connectivity index (χ4n) is 5.49. The standard InChI is InChI=1S/C28H27FN4O5S2/c1-30(2)18-7-3-16(4-8-18)21-22-23(26(36)33(25(22)35)19-9-5-17(29)6-10-19)39-27-24(21)40-28(37)32(27)15-20(34)31-11-13-38-14-12-31/h3-10,21-23H,11-15H2,1-2H3/t21-,22?,23?/m1/s1. The highest BCUT2D eigenvalue weighted by atomic mass is 32.2. The van der Waals surface area contributed by atoms with Crippen molar-refractivity contribution >= 4 is 52.2 Å². The molecule has 9 nitrogen and oxygen atoms in total.